The highest BCUT2D eigenvalue weighted by Crippen LogP contribution is 2.42. The first-order valence-corrected chi connectivity index (χ1v) is 6.46. The van der Waals surface area contributed by atoms with Crippen LogP contribution in [0.2, 0.25) is 0 Å². The predicted molar refractivity (Wildman–Crippen MR) is 68.0 cm³/mol. The third-order valence-corrected chi connectivity index (χ3v) is 4.04. The Kier molecular flexibility index (Phi) is 2.86. The Morgan fingerprint density at radius 2 is 1.74 bits per heavy atom. The van der Waals surface area contributed by atoms with E-state index in [1.807, 2.05) is 0 Å². The van der Waals surface area contributed by atoms with E-state index in [4.69, 9.17) is 0 Å². The molecule has 1 spiro atoms. The molecule has 1 aromatic carbocycles. The summed E-state index contributed by atoms with van der Waals surface area (Å²) in [5.74, 6) is -0.691. The zero-order valence-electron chi connectivity index (χ0n) is 10.5. The lowest BCUT2D eigenvalue weighted by atomic mass is 9.77. The summed E-state index contributed by atoms with van der Waals surface area (Å²) in [4.78, 5) is 25.9. The SMILES string of the molecule is O=C1CC2(CCNCC2)C(=O)N1c1ccc(F)cc1. The fourth-order valence-electron chi connectivity index (χ4n) is 2.94. The maximum absolute atomic E-state index is 12.9. The Morgan fingerprint density at radius 3 is 2.37 bits per heavy atom. The zero-order valence-corrected chi connectivity index (χ0v) is 10.5. The Morgan fingerprint density at radius 1 is 1.11 bits per heavy atom. The van der Waals surface area contributed by atoms with Crippen molar-refractivity contribution >= 4 is 17.5 Å². The smallest absolute Gasteiger partial charge is 0.240 e. The third-order valence-electron chi connectivity index (χ3n) is 4.04. The van der Waals surface area contributed by atoms with Crippen molar-refractivity contribution in [1.29, 1.82) is 0 Å². The molecule has 1 N–H and O–H groups in total. The summed E-state index contributed by atoms with van der Waals surface area (Å²) in [6.45, 7) is 1.52. The van der Waals surface area contributed by atoms with Crippen LogP contribution < -0.4 is 10.2 Å². The molecule has 0 saturated carbocycles. The Balaban J connectivity index is 1.92. The monoisotopic (exact) mass is 262 g/mol. The second-order valence-corrected chi connectivity index (χ2v) is 5.22. The Hall–Kier alpha value is -1.75. The van der Waals surface area contributed by atoms with Gasteiger partial charge >= 0.3 is 0 Å². The molecule has 2 aliphatic rings. The predicted octanol–water partition coefficient (Wildman–Crippen LogP) is 1.46. The topological polar surface area (TPSA) is 49.4 Å². The number of carbonyl (C=O) groups is 2. The highest BCUT2D eigenvalue weighted by Gasteiger charge is 2.52. The standard InChI is InChI=1S/C14H15FN2O2/c15-10-1-3-11(4-2-10)17-12(18)9-14(13(17)19)5-7-16-8-6-14/h1-4,16H,5-9H2. The molecule has 19 heavy (non-hydrogen) atoms. The average molecular weight is 262 g/mol. The number of hydrogen-bond acceptors (Lipinski definition) is 3. The first-order chi connectivity index (χ1) is 9.12. The second kappa shape index (κ2) is 4.42. The van der Waals surface area contributed by atoms with Crippen molar-refractivity contribution in [2.24, 2.45) is 5.41 Å². The molecule has 2 amide bonds. The first-order valence-electron chi connectivity index (χ1n) is 6.46. The van der Waals surface area contributed by atoms with Gasteiger partial charge in [0.2, 0.25) is 11.8 Å². The molecule has 2 fully saturated rings. The van der Waals surface area contributed by atoms with E-state index in [0.717, 1.165) is 13.1 Å². The van der Waals surface area contributed by atoms with Crippen molar-refractivity contribution in [1.82, 2.24) is 5.32 Å². The third kappa shape index (κ3) is 1.94. The van der Waals surface area contributed by atoms with E-state index >= 15 is 0 Å². The zero-order chi connectivity index (χ0) is 13.5. The van der Waals surface area contributed by atoms with Gasteiger partial charge in [-0.3, -0.25) is 14.5 Å². The van der Waals surface area contributed by atoms with E-state index in [0.29, 0.717) is 18.5 Å². The van der Waals surface area contributed by atoms with E-state index in [1.165, 1.54) is 29.2 Å². The number of benzene rings is 1. The summed E-state index contributed by atoms with van der Waals surface area (Å²) in [6, 6.07) is 5.49. The minimum absolute atomic E-state index is 0.134. The number of nitrogens with one attached hydrogen (secondary N) is 1. The minimum Gasteiger partial charge on any atom is -0.317 e. The molecule has 0 bridgehead atoms. The van der Waals surface area contributed by atoms with Crippen molar-refractivity contribution in [3.8, 4) is 0 Å². The molecule has 1 aromatic rings. The lowest BCUT2D eigenvalue weighted by Gasteiger charge is -2.31. The molecular weight excluding hydrogens is 247 g/mol. The molecule has 2 saturated heterocycles. The van der Waals surface area contributed by atoms with Crippen LogP contribution in [0.1, 0.15) is 19.3 Å². The van der Waals surface area contributed by atoms with E-state index in [9.17, 15) is 14.0 Å². The lowest BCUT2D eigenvalue weighted by Crippen LogP contribution is -2.42. The number of carbonyl (C=O) groups excluding carboxylic acids is 2. The van der Waals surface area contributed by atoms with Crippen LogP contribution in [0.3, 0.4) is 0 Å². The van der Waals surface area contributed by atoms with Crippen molar-refractivity contribution in [3.63, 3.8) is 0 Å². The summed E-state index contributed by atoms with van der Waals surface area (Å²) in [5.41, 5.74) is -0.0803. The number of halogens is 1. The molecule has 0 radical (unpaired) electrons. The van der Waals surface area contributed by atoms with Gasteiger partial charge < -0.3 is 5.32 Å². The van der Waals surface area contributed by atoms with Gasteiger partial charge in [0.25, 0.3) is 0 Å². The van der Waals surface area contributed by atoms with Crippen LogP contribution in [0.15, 0.2) is 24.3 Å². The largest absolute Gasteiger partial charge is 0.317 e. The summed E-state index contributed by atoms with van der Waals surface area (Å²) in [5, 5.41) is 3.20. The van der Waals surface area contributed by atoms with Crippen molar-refractivity contribution in [2.75, 3.05) is 18.0 Å². The van der Waals surface area contributed by atoms with Crippen molar-refractivity contribution in [2.45, 2.75) is 19.3 Å². The van der Waals surface area contributed by atoms with Gasteiger partial charge in [0.15, 0.2) is 0 Å². The molecule has 3 rings (SSSR count). The number of piperidine rings is 1. The highest BCUT2D eigenvalue weighted by atomic mass is 19.1. The van der Waals surface area contributed by atoms with Crippen LogP contribution in [0.25, 0.3) is 0 Å². The molecule has 0 atom stereocenters. The molecule has 0 aromatic heterocycles. The van der Waals surface area contributed by atoms with Gasteiger partial charge in [0.05, 0.1) is 11.1 Å². The summed E-state index contributed by atoms with van der Waals surface area (Å²) in [7, 11) is 0. The van der Waals surface area contributed by atoms with Gasteiger partial charge in [0, 0.05) is 6.42 Å². The van der Waals surface area contributed by atoms with Gasteiger partial charge in [-0.25, -0.2) is 4.39 Å². The van der Waals surface area contributed by atoms with Crippen LogP contribution in [0, 0.1) is 11.2 Å². The van der Waals surface area contributed by atoms with E-state index < -0.39 is 5.41 Å². The molecular formula is C14H15FN2O2. The Bertz CT molecular complexity index is 521. The average Bonchev–Trinajstić information content (AvgIpc) is 2.64. The van der Waals surface area contributed by atoms with Crippen LogP contribution in [0.5, 0.6) is 0 Å². The van der Waals surface area contributed by atoms with Gasteiger partial charge in [-0.15, -0.1) is 0 Å². The number of imide groups is 1. The maximum Gasteiger partial charge on any atom is 0.240 e. The quantitative estimate of drug-likeness (QED) is 0.779. The molecule has 2 heterocycles. The fourth-order valence-corrected chi connectivity index (χ4v) is 2.94. The van der Waals surface area contributed by atoms with E-state index in [2.05, 4.69) is 5.32 Å². The number of nitrogens with zero attached hydrogens (tertiary/aromatic N) is 1. The van der Waals surface area contributed by atoms with Crippen molar-refractivity contribution in [3.05, 3.63) is 30.1 Å². The van der Waals surface area contributed by atoms with Crippen LogP contribution in [-0.2, 0) is 9.59 Å². The molecule has 100 valence electrons. The number of hydrogen-bond donors (Lipinski definition) is 1. The normalized spacial score (nSPS) is 22.3. The van der Waals surface area contributed by atoms with Crippen LogP contribution >= 0.6 is 0 Å². The summed E-state index contributed by atoms with van der Waals surface area (Å²) in [6.07, 6.45) is 1.65. The number of anilines is 1. The lowest BCUT2D eigenvalue weighted by molar-refractivity contribution is -0.126. The molecule has 0 unspecified atom stereocenters. The van der Waals surface area contributed by atoms with E-state index in [-0.39, 0.29) is 24.1 Å². The minimum atomic E-state index is -0.545. The highest BCUT2D eigenvalue weighted by molar-refractivity contribution is 6.22. The molecule has 5 heteroatoms. The Labute approximate surface area is 110 Å². The van der Waals surface area contributed by atoms with Gasteiger partial charge in [-0.05, 0) is 50.2 Å². The van der Waals surface area contributed by atoms with Gasteiger partial charge in [0.1, 0.15) is 5.82 Å². The molecule has 0 aliphatic carbocycles. The molecule has 4 nitrogen and oxygen atoms in total. The van der Waals surface area contributed by atoms with Gasteiger partial charge in [-0.2, -0.15) is 0 Å². The second-order valence-electron chi connectivity index (χ2n) is 5.22. The maximum atomic E-state index is 12.9. The van der Waals surface area contributed by atoms with Crippen molar-refractivity contribution < 1.29 is 14.0 Å². The van der Waals surface area contributed by atoms with Gasteiger partial charge in [-0.1, -0.05) is 0 Å². The fraction of sp³-hybridized carbons (Fsp3) is 0.429. The number of rotatable bonds is 1. The van der Waals surface area contributed by atoms with Crippen LogP contribution in [0.4, 0.5) is 10.1 Å². The van der Waals surface area contributed by atoms with Crippen LogP contribution in [-0.4, -0.2) is 24.9 Å². The summed E-state index contributed by atoms with van der Waals surface area (Å²) >= 11 is 0. The molecule has 2 aliphatic heterocycles. The summed E-state index contributed by atoms with van der Waals surface area (Å²) < 4.78 is 12.9. The first kappa shape index (κ1) is 12.3. The van der Waals surface area contributed by atoms with E-state index in [1.54, 1.807) is 0 Å². The number of amides is 2.